The standard InChI is InChI=1S/C20H27N3O5/c1-14(24)23(16-5-8-26-9-6-16)17-4-7-22(13-17)20(25)21-15-2-3-18-19(12-15)28-11-10-27-18/h2-3,12,16-17H,4-11,13H2,1H3,(H,21,25). The fraction of sp³-hybridized carbons (Fsp3) is 0.600. The van der Waals surface area contributed by atoms with Crippen molar-refractivity contribution in [3.8, 4) is 11.5 Å². The number of amides is 3. The van der Waals surface area contributed by atoms with Gasteiger partial charge in [0.2, 0.25) is 5.91 Å². The van der Waals surface area contributed by atoms with Crippen molar-refractivity contribution >= 4 is 17.6 Å². The summed E-state index contributed by atoms with van der Waals surface area (Å²) in [6.45, 7) is 5.22. The summed E-state index contributed by atoms with van der Waals surface area (Å²) in [5, 5.41) is 2.93. The summed E-state index contributed by atoms with van der Waals surface area (Å²) in [6.07, 6.45) is 2.52. The van der Waals surface area contributed by atoms with Gasteiger partial charge in [-0.05, 0) is 31.4 Å². The number of anilines is 1. The van der Waals surface area contributed by atoms with Gasteiger partial charge in [0.05, 0.1) is 6.04 Å². The predicted octanol–water partition coefficient (Wildman–Crippen LogP) is 2.09. The summed E-state index contributed by atoms with van der Waals surface area (Å²) >= 11 is 0. The maximum Gasteiger partial charge on any atom is 0.321 e. The number of hydrogen-bond acceptors (Lipinski definition) is 5. The normalized spacial score (nSPS) is 22.0. The van der Waals surface area contributed by atoms with E-state index in [-0.39, 0.29) is 24.0 Å². The van der Waals surface area contributed by atoms with Crippen LogP contribution in [0.25, 0.3) is 0 Å². The SMILES string of the molecule is CC(=O)N(C1CCOCC1)C1CCN(C(=O)Nc2ccc3c(c2)OCCO3)C1. The van der Waals surface area contributed by atoms with Gasteiger partial charge in [0.1, 0.15) is 13.2 Å². The van der Waals surface area contributed by atoms with Crippen LogP contribution >= 0.6 is 0 Å². The number of rotatable bonds is 3. The highest BCUT2D eigenvalue weighted by Crippen LogP contribution is 2.33. The first-order valence-corrected chi connectivity index (χ1v) is 9.94. The maximum absolute atomic E-state index is 12.7. The molecule has 0 radical (unpaired) electrons. The van der Waals surface area contributed by atoms with Crippen LogP contribution < -0.4 is 14.8 Å². The lowest BCUT2D eigenvalue weighted by atomic mass is 10.0. The number of hydrogen-bond donors (Lipinski definition) is 1. The number of fused-ring (bicyclic) bond motifs is 1. The van der Waals surface area contributed by atoms with Crippen molar-refractivity contribution in [2.75, 3.05) is 44.8 Å². The first-order valence-electron chi connectivity index (χ1n) is 9.94. The summed E-state index contributed by atoms with van der Waals surface area (Å²) in [6, 6.07) is 5.50. The van der Waals surface area contributed by atoms with Crippen LogP contribution in [-0.4, -0.2) is 73.3 Å². The topological polar surface area (TPSA) is 80.3 Å². The van der Waals surface area contributed by atoms with Crippen molar-refractivity contribution in [1.82, 2.24) is 9.80 Å². The molecule has 2 fully saturated rings. The number of nitrogens with zero attached hydrogens (tertiary/aromatic N) is 2. The average Bonchev–Trinajstić information content (AvgIpc) is 3.18. The molecular formula is C20H27N3O5. The summed E-state index contributed by atoms with van der Waals surface area (Å²) in [4.78, 5) is 28.7. The van der Waals surface area contributed by atoms with Gasteiger partial charge in [-0.25, -0.2) is 4.79 Å². The minimum absolute atomic E-state index is 0.0617. The second-order valence-corrected chi connectivity index (χ2v) is 7.45. The van der Waals surface area contributed by atoms with E-state index in [1.165, 1.54) is 0 Å². The maximum atomic E-state index is 12.7. The number of benzene rings is 1. The first kappa shape index (κ1) is 18.9. The zero-order valence-electron chi connectivity index (χ0n) is 16.2. The van der Waals surface area contributed by atoms with Gasteiger partial charge < -0.3 is 29.3 Å². The Labute approximate surface area is 164 Å². The van der Waals surface area contributed by atoms with Crippen LogP contribution in [0, 0.1) is 0 Å². The van der Waals surface area contributed by atoms with E-state index in [1.807, 2.05) is 11.0 Å². The molecular weight excluding hydrogens is 362 g/mol. The number of urea groups is 1. The number of ether oxygens (including phenoxy) is 3. The van der Waals surface area contributed by atoms with Gasteiger partial charge in [-0.3, -0.25) is 4.79 Å². The lowest BCUT2D eigenvalue weighted by molar-refractivity contribution is -0.135. The number of carbonyl (C=O) groups is 2. The van der Waals surface area contributed by atoms with Crippen LogP contribution in [0.15, 0.2) is 18.2 Å². The quantitative estimate of drug-likeness (QED) is 0.856. The molecule has 152 valence electrons. The van der Waals surface area contributed by atoms with Gasteiger partial charge in [0.15, 0.2) is 11.5 Å². The Kier molecular flexibility index (Phi) is 5.57. The second-order valence-electron chi connectivity index (χ2n) is 7.45. The summed E-state index contributed by atoms with van der Waals surface area (Å²) in [5.41, 5.74) is 0.672. The van der Waals surface area contributed by atoms with Crippen molar-refractivity contribution in [3.63, 3.8) is 0 Å². The molecule has 1 aromatic rings. The Hall–Kier alpha value is -2.48. The summed E-state index contributed by atoms with van der Waals surface area (Å²) < 4.78 is 16.5. The van der Waals surface area contributed by atoms with E-state index in [1.54, 1.807) is 24.0 Å². The number of nitrogens with one attached hydrogen (secondary N) is 1. The van der Waals surface area contributed by atoms with Crippen molar-refractivity contribution in [2.45, 2.75) is 38.3 Å². The van der Waals surface area contributed by atoms with E-state index in [9.17, 15) is 9.59 Å². The Morgan fingerprint density at radius 2 is 1.79 bits per heavy atom. The van der Waals surface area contributed by atoms with E-state index in [0.29, 0.717) is 56.7 Å². The lowest BCUT2D eigenvalue weighted by Crippen LogP contribution is -2.49. The first-order chi connectivity index (χ1) is 13.6. The third kappa shape index (κ3) is 4.01. The molecule has 28 heavy (non-hydrogen) atoms. The molecule has 1 N–H and O–H groups in total. The van der Waals surface area contributed by atoms with Gasteiger partial charge in [0, 0.05) is 51.0 Å². The van der Waals surface area contributed by atoms with Gasteiger partial charge in [-0.15, -0.1) is 0 Å². The van der Waals surface area contributed by atoms with Crippen molar-refractivity contribution in [2.24, 2.45) is 0 Å². The summed E-state index contributed by atoms with van der Waals surface area (Å²) in [5.74, 6) is 1.41. The Morgan fingerprint density at radius 1 is 1.04 bits per heavy atom. The lowest BCUT2D eigenvalue weighted by Gasteiger charge is -2.37. The van der Waals surface area contributed by atoms with E-state index >= 15 is 0 Å². The van der Waals surface area contributed by atoms with Crippen molar-refractivity contribution in [3.05, 3.63) is 18.2 Å². The van der Waals surface area contributed by atoms with Crippen LogP contribution in [0.2, 0.25) is 0 Å². The fourth-order valence-electron chi connectivity index (χ4n) is 4.25. The van der Waals surface area contributed by atoms with Crippen molar-refractivity contribution < 1.29 is 23.8 Å². The van der Waals surface area contributed by atoms with E-state index in [4.69, 9.17) is 14.2 Å². The Morgan fingerprint density at radius 3 is 2.54 bits per heavy atom. The molecule has 3 aliphatic rings. The van der Waals surface area contributed by atoms with Crippen LogP contribution in [0.4, 0.5) is 10.5 Å². The van der Waals surface area contributed by atoms with E-state index in [2.05, 4.69) is 5.32 Å². The Balaban J connectivity index is 1.37. The molecule has 0 aliphatic carbocycles. The second kappa shape index (κ2) is 8.26. The zero-order chi connectivity index (χ0) is 19.5. The van der Waals surface area contributed by atoms with Crippen LogP contribution in [0.5, 0.6) is 11.5 Å². The zero-order valence-corrected chi connectivity index (χ0v) is 16.2. The smallest absolute Gasteiger partial charge is 0.321 e. The molecule has 3 aliphatic heterocycles. The predicted molar refractivity (Wildman–Crippen MR) is 103 cm³/mol. The van der Waals surface area contributed by atoms with E-state index in [0.717, 1.165) is 19.3 Å². The van der Waals surface area contributed by atoms with Gasteiger partial charge in [-0.1, -0.05) is 0 Å². The Bertz CT molecular complexity index is 735. The minimum Gasteiger partial charge on any atom is -0.486 e. The van der Waals surface area contributed by atoms with Crippen LogP contribution in [-0.2, 0) is 9.53 Å². The van der Waals surface area contributed by atoms with Gasteiger partial charge >= 0.3 is 6.03 Å². The van der Waals surface area contributed by atoms with Crippen LogP contribution in [0.3, 0.4) is 0 Å². The highest BCUT2D eigenvalue weighted by molar-refractivity contribution is 5.90. The molecule has 1 unspecified atom stereocenters. The van der Waals surface area contributed by atoms with Gasteiger partial charge in [-0.2, -0.15) is 0 Å². The fourth-order valence-corrected chi connectivity index (χ4v) is 4.25. The third-order valence-corrected chi connectivity index (χ3v) is 5.59. The largest absolute Gasteiger partial charge is 0.486 e. The van der Waals surface area contributed by atoms with Crippen LogP contribution in [0.1, 0.15) is 26.2 Å². The number of carbonyl (C=O) groups excluding carboxylic acids is 2. The van der Waals surface area contributed by atoms with E-state index < -0.39 is 0 Å². The molecule has 2 saturated heterocycles. The highest BCUT2D eigenvalue weighted by atomic mass is 16.6. The molecule has 4 rings (SSSR count). The molecule has 0 aromatic heterocycles. The van der Waals surface area contributed by atoms with Crippen molar-refractivity contribution in [1.29, 1.82) is 0 Å². The molecule has 3 amide bonds. The molecule has 0 spiro atoms. The average molecular weight is 389 g/mol. The molecule has 3 heterocycles. The molecule has 0 saturated carbocycles. The molecule has 1 aromatic carbocycles. The molecule has 8 nitrogen and oxygen atoms in total. The summed E-state index contributed by atoms with van der Waals surface area (Å²) in [7, 11) is 0. The highest BCUT2D eigenvalue weighted by Gasteiger charge is 2.36. The molecule has 0 bridgehead atoms. The number of likely N-dealkylation sites (tertiary alicyclic amines) is 1. The minimum atomic E-state index is -0.158. The molecule has 1 atom stereocenters. The third-order valence-electron chi connectivity index (χ3n) is 5.59. The molecule has 8 heteroatoms. The monoisotopic (exact) mass is 389 g/mol. The van der Waals surface area contributed by atoms with Gasteiger partial charge in [0.25, 0.3) is 0 Å².